The highest BCUT2D eigenvalue weighted by molar-refractivity contribution is 5.82. The van der Waals surface area contributed by atoms with E-state index in [-0.39, 0.29) is 11.8 Å². The highest BCUT2D eigenvalue weighted by Gasteiger charge is 2.21. The molecule has 1 rings (SSSR count). The normalized spacial score (nSPS) is 11.1. The summed E-state index contributed by atoms with van der Waals surface area (Å²) < 4.78 is 0. The number of nitrogens with zero attached hydrogens (tertiary/aromatic N) is 1. The first-order chi connectivity index (χ1) is 10.8. The standard InChI is InChI=1S/C18H29N3O2/c1-18(2,3)17(23)20-12-10-16(22)21(13-7-11-19)14-15-8-5-4-6-9-15/h4-6,8-9H,7,10-14,19H2,1-3H3,(H,20,23). The average Bonchev–Trinajstić information content (AvgIpc) is 2.51. The number of carbonyl (C=O) groups excluding carboxylic acids is 2. The predicted octanol–water partition coefficient (Wildman–Crippen LogP) is 1.92. The molecule has 0 heterocycles. The van der Waals surface area contributed by atoms with Crippen LogP contribution in [-0.4, -0.2) is 36.3 Å². The maximum atomic E-state index is 12.4. The van der Waals surface area contributed by atoms with Crippen molar-refractivity contribution in [1.29, 1.82) is 0 Å². The van der Waals surface area contributed by atoms with Crippen LogP contribution < -0.4 is 11.1 Å². The molecular formula is C18H29N3O2. The fourth-order valence-corrected chi connectivity index (χ4v) is 2.08. The van der Waals surface area contributed by atoms with Crippen molar-refractivity contribution in [2.75, 3.05) is 19.6 Å². The number of carbonyl (C=O) groups is 2. The van der Waals surface area contributed by atoms with Gasteiger partial charge in [0.2, 0.25) is 11.8 Å². The highest BCUT2D eigenvalue weighted by Crippen LogP contribution is 2.12. The molecule has 0 spiro atoms. The van der Waals surface area contributed by atoms with Crippen LogP contribution in [0.3, 0.4) is 0 Å². The molecule has 0 bridgehead atoms. The number of rotatable bonds is 8. The van der Waals surface area contributed by atoms with Crippen LogP contribution in [0.15, 0.2) is 30.3 Å². The van der Waals surface area contributed by atoms with Crippen molar-refractivity contribution in [3.05, 3.63) is 35.9 Å². The van der Waals surface area contributed by atoms with E-state index in [4.69, 9.17) is 5.73 Å². The molecule has 3 N–H and O–H groups in total. The van der Waals surface area contributed by atoms with Crippen LogP contribution in [0.1, 0.15) is 39.2 Å². The second kappa shape index (κ2) is 9.30. The van der Waals surface area contributed by atoms with Gasteiger partial charge in [-0.05, 0) is 18.5 Å². The van der Waals surface area contributed by atoms with Gasteiger partial charge < -0.3 is 16.0 Å². The summed E-state index contributed by atoms with van der Waals surface area (Å²) in [6, 6.07) is 9.89. The van der Waals surface area contributed by atoms with Crippen molar-refractivity contribution in [1.82, 2.24) is 10.2 Å². The van der Waals surface area contributed by atoms with Crippen LogP contribution in [0.2, 0.25) is 0 Å². The minimum absolute atomic E-state index is 0.0384. The summed E-state index contributed by atoms with van der Waals surface area (Å²) in [6.45, 7) is 7.69. The number of hydrogen-bond donors (Lipinski definition) is 2. The summed E-state index contributed by atoms with van der Waals surface area (Å²) in [4.78, 5) is 26.1. The van der Waals surface area contributed by atoms with Crippen molar-refractivity contribution in [2.45, 2.75) is 40.2 Å². The van der Waals surface area contributed by atoms with E-state index in [1.165, 1.54) is 0 Å². The Balaban J connectivity index is 2.53. The molecule has 2 amide bonds. The molecule has 0 aromatic heterocycles. The Morgan fingerprint density at radius 1 is 1.17 bits per heavy atom. The zero-order chi connectivity index (χ0) is 17.3. The number of nitrogens with two attached hydrogens (primary N) is 1. The molecule has 23 heavy (non-hydrogen) atoms. The maximum absolute atomic E-state index is 12.4. The fourth-order valence-electron chi connectivity index (χ4n) is 2.08. The number of nitrogens with one attached hydrogen (secondary N) is 1. The van der Waals surface area contributed by atoms with Gasteiger partial charge in [0, 0.05) is 31.5 Å². The van der Waals surface area contributed by atoms with Gasteiger partial charge in [0.25, 0.3) is 0 Å². The Morgan fingerprint density at radius 3 is 2.39 bits per heavy atom. The summed E-state index contributed by atoms with van der Waals surface area (Å²) in [5, 5.41) is 2.82. The van der Waals surface area contributed by atoms with Gasteiger partial charge in [0.05, 0.1) is 0 Å². The molecule has 128 valence electrons. The molecule has 0 aliphatic heterocycles. The van der Waals surface area contributed by atoms with Crippen LogP contribution in [0.25, 0.3) is 0 Å². The van der Waals surface area contributed by atoms with Crippen molar-refractivity contribution in [3.63, 3.8) is 0 Å². The van der Waals surface area contributed by atoms with Gasteiger partial charge in [-0.25, -0.2) is 0 Å². The van der Waals surface area contributed by atoms with Gasteiger partial charge in [0.1, 0.15) is 0 Å². The van der Waals surface area contributed by atoms with Gasteiger partial charge in [-0.1, -0.05) is 51.1 Å². The maximum Gasteiger partial charge on any atom is 0.225 e. The van der Waals surface area contributed by atoms with Gasteiger partial charge >= 0.3 is 0 Å². The second-order valence-corrected chi connectivity index (χ2v) is 6.70. The monoisotopic (exact) mass is 319 g/mol. The molecule has 0 aliphatic rings. The van der Waals surface area contributed by atoms with Crippen molar-refractivity contribution < 1.29 is 9.59 Å². The van der Waals surface area contributed by atoms with Gasteiger partial charge in [-0.3, -0.25) is 9.59 Å². The van der Waals surface area contributed by atoms with Gasteiger partial charge in [-0.2, -0.15) is 0 Å². The van der Waals surface area contributed by atoms with E-state index < -0.39 is 5.41 Å². The molecule has 0 unspecified atom stereocenters. The van der Waals surface area contributed by atoms with E-state index in [2.05, 4.69) is 5.32 Å². The Labute approximate surface area is 139 Å². The Bertz CT molecular complexity index is 495. The third-order valence-electron chi connectivity index (χ3n) is 3.51. The number of benzene rings is 1. The molecule has 5 heteroatoms. The molecule has 1 aromatic carbocycles. The number of hydrogen-bond acceptors (Lipinski definition) is 3. The zero-order valence-electron chi connectivity index (χ0n) is 14.5. The molecule has 0 fully saturated rings. The van der Waals surface area contributed by atoms with E-state index in [9.17, 15) is 9.59 Å². The third kappa shape index (κ3) is 7.28. The van der Waals surface area contributed by atoms with Crippen LogP contribution >= 0.6 is 0 Å². The molecule has 0 radical (unpaired) electrons. The Hall–Kier alpha value is -1.88. The van der Waals surface area contributed by atoms with Crippen molar-refractivity contribution >= 4 is 11.8 Å². The van der Waals surface area contributed by atoms with E-state index >= 15 is 0 Å². The summed E-state index contributed by atoms with van der Waals surface area (Å²) in [5.41, 5.74) is 6.22. The van der Waals surface area contributed by atoms with Crippen LogP contribution in [0, 0.1) is 5.41 Å². The minimum atomic E-state index is -0.438. The predicted molar refractivity (Wildman–Crippen MR) is 92.6 cm³/mol. The lowest BCUT2D eigenvalue weighted by molar-refractivity contribution is -0.132. The SMILES string of the molecule is CC(C)(C)C(=O)NCCC(=O)N(CCCN)Cc1ccccc1. The lowest BCUT2D eigenvalue weighted by Gasteiger charge is -2.23. The smallest absolute Gasteiger partial charge is 0.225 e. The third-order valence-corrected chi connectivity index (χ3v) is 3.51. The largest absolute Gasteiger partial charge is 0.355 e. The van der Waals surface area contributed by atoms with Crippen LogP contribution in [0.4, 0.5) is 0 Å². The minimum Gasteiger partial charge on any atom is -0.355 e. The fraction of sp³-hybridized carbons (Fsp3) is 0.556. The van der Waals surface area contributed by atoms with E-state index in [1.807, 2.05) is 56.0 Å². The summed E-state index contributed by atoms with van der Waals surface area (Å²) in [5.74, 6) is -0.00150. The molecule has 1 aromatic rings. The quantitative estimate of drug-likeness (QED) is 0.768. The topological polar surface area (TPSA) is 75.4 Å². The average molecular weight is 319 g/mol. The molecule has 0 saturated carbocycles. The molecular weight excluding hydrogens is 290 g/mol. The van der Waals surface area contributed by atoms with Gasteiger partial charge in [0.15, 0.2) is 0 Å². The van der Waals surface area contributed by atoms with Gasteiger partial charge in [-0.15, -0.1) is 0 Å². The summed E-state index contributed by atoms with van der Waals surface area (Å²) in [7, 11) is 0. The van der Waals surface area contributed by atoms with Crippen molar-refractivity contribution in [2.24, 2.45) is 11.1 Å². The highest BCUT2D eigenvalue weighted by atomic mass is 16.2. The van der Waals surface area contributed by atoms with Crippen molar-refractivity contribution in [3.8, 4) is 0 Å². The first-order valence-corrected chi connectivity index (χ1v) is 8.14. The lowest BCUT2D eigenvalue weighted by Crippen LogP contribution is -2.38. The van der Waals surface area contributed by atoms with Crippen LogP contribution in [0.5, 0.6) is 0 Å². The molecule has 0 saturated heterocycles. The Kier molecular flexibility index (Phi) is 7.75. The number of amides is 2. The Morgan fingerprint density at radius 2 is 1.83 bits per heavy atom. The zero-order valence-corrected chi connectivity index (χ0v) is 14.5. The first-order valence-electron chi connectivity index (χ1n) is 8.14. The molecule has 0 aliphatic carbocycles. The molecule has 0 atom stereocenters. The second-order valence-electron chi connectivity index (χ2n) is 6.70. The lowest BCUT2D eigenvalue weighted by atomic mass is 9.96. The van der Waals surface area contributed by atoms with E-state index in [0.717, 1.165) is 12.0 Å². The van der Waals surface area contributed by atoms with E-state index in [0.29, 0.717) is 32.6 Å². The summed E-state index contributed by atoms with van der Waals surface area (Å²) in [6.07, 6.45) is 1.08. The first kappa shape index (κ1) is 19.2. The van der Waals surface area contributed by atoms with E-state index in [1.54, 1.807) is 0 Å². The summed E-state index contributed by atoms with van der Waals surface area (Å²) >= 11 is 0. The molecule has 5 nitrogen and oxygen atoms in total. The van der Waals surface area contributed by atoms with Crippen LogP contribution in [-0.2, 0) is 16.1 Å².